The Hall–Kier alpha value is -2.49. The first-order valence-electron chi connectivity index (χ1n) is 7.07. The minimum Gasteiger partial charge on any atom is -0.508 e. The molecule has 0 radical (unpaired) electrons. The number of aryl methyl sites for hydroxylation is 1. The van der Waals surface area contributed by atoms with E-state index in [0.29, 0.717) is 23.4 Å². The zero-order valence-corrected chi connectivity index (χ0v) is 12.0. The quantitative estimate of drug-likeness (QED) is 0.790. The zero-order valence-electron chi connectivity index (χ0n) is 12.0. The zero-order chi connectivity index (χ0) is 15.0. The number of rotatable bonds is 1. The van der Waals surface area contributed by atoms with Gasteiger partial charge in [0.1, 0.15) is 5.75 Å². The lowest BCUT2D eigenvalue weighted by molar-refractivity contribution is 0.0984. The fraction of sp³-hybridized carbons (Fsp3) is 0.235. The Morgan fingerprint density at radius 1 is 1.29 bits per heavy atom. The number of fused-ring (bicyclic) bond motifs is 1. The van der Waals surface area contributed by atoms with E-state index in [4.69, 9.17) is 5.73 Å². The molecule has 3 rings (SSSR count). The van der Waals surface area contributed by atoms with Crippen molar-refractivity contribution in [3.63, 3.8) is 0 Å². The minimum absolute atomic E-state index is 0.0880. The molecule has 4 nitrogen and oxygen atoms in total. The van der Waals surface area contributed by atoms with Gasteiger partial charge < -0.3 is 15.7 Å². The summed E-state index contributed by atoms with van der Waals surface area (Å²) in [5, 5.41) is 9.80. The van der Waals surface area contributed by atoms with Crippen molar-refractivity contribution in [2.24, 2.45) is 0 Å². The van der Waals surface area contributed by atoms with E-state index in [1.165, 1.54) is 0 Å². The molecule has 2 aromatic carbocycles. The first-order chi connectivity index (χ1) is 10.1. The van der Waals surface area contributed by atoms with E-state index in [0.717, 1.165) is 24.1 Å². The van der Waals surface area contributed by atoms with E-state index in [9.17, 15) is 9.90 Å². The first-order valence-corrected chi connectivity index (χ1v) is 7.07. The van der Waals surface area contributed by atoms with Gasteiger partial charge in [0, 0.05) is 29.0 Å². The highest BCUT2D eigenvalue weighted by molar-refractivity contribution is 6.08. The SMILES string of the molecule is Cc1c(O)cccc1C(=O)N1CCCc2ccc(N)cc21. The van der Waals surface area contributed by atoms with Gasteiger partial charge in [0.05, 0.1) is 0 Å². The third kappa shape index (κ3) is 2.33. The van der Waals surface area contributed by atoms with Gasteiger partial charge in [-0.25, -0.2) is 0 Å². The average Bonchev–Trinajstić information content (AvgIpc) is 2.48. The van der Waals surface area contributed by atoms with Crippen LogP contribution in [0.3, 0.4) is 0 Å². The third-order valence-electron chi connectivity index (χ3n) is 4.01. The number of nitrogens with zero attached hydrogens (tertiary/aromatic N) is 1. The lowest BCUT2D eigenvalue weighted by atomic mass is 9.99. The maximum Gasteiger partial charge on any atom is 0.258 e. The van der Waals surface area contributed by atoms with Crippen LogP contribution < -0.4 is 10.6 Å². The number of anilines is 2. The van der Waals surface area contributed by atoms with Crippen LogP contribution in [0.2, 0.25) is 0 Å². The van der Waals surface area contributed by atoms with Gasteiger partial charge in [-0.3, -0.25) is 4.79 Å². The second-order valence-corrected chi connectivity index (χ2v) is 5.40. The maximum absolute atomic E-state index is 12.8. The maximum atomic E-state index is 12.8. The summed E-state index contributed by atoms with van der Waals surface area (Å²) in [7, 11) is 0. The van der Waals surface area contributed by atoms with Gasteiger partial charge in [0.2, 0.25) is 0 Å². The predicted octanol–water partition coefficient (Wildman–Crippen LogP) is 2.88. The second kappa shape index (κ2) is 5.13. The smallest absolute Gasteiger partial charge is 0.258 e. The average molecular weight is 282 g/mol. The van der Waals surface area contributed by atoms with Crippen LogP contribution in [0.25, 0.3) is 0 Å². The molecule has 0 atom stereocenters. The number of phenols is 1. The van der Waals surface area contributed by atoms with Crippen LogP contribution in [0.1, 0.15) is 27.9 Å². The number of amides is 1. The Balaban J connectivity index is 2.04. The van der Waals surface area contributed by atoms with E-state index < -0.39 is 0 Å². The molecule has 0 fully saturated rings. The summed E-state index contributed by atoms with van der Waals surface area (Å²) in [6.45, 7) is 2.43. The summed E-state index contributed by atoms with van der Waals surface area (Å²) in [6, 6.07) is 10.7. The number of benzene rings is 2. The molecule has 0 unspecified atom stereocenters. The summed E-state index contributed by atoms with van der Waals surface area (Å²) in [5.74, 6) is 0.0561. The van der Waals surface area contributed by atoms with Crippen molar-refractivity contribution in [3.8, 4) is 5.75 Å². The van der Waals surface area contributed by atoms with Gasteiger partial charge in [0.15, 0.2) is 0 Å². The molecule has 1 amide bonds. The van der Waals surface area contributed by atoms with Crippen molar-refractivity contribution in [2.45, 2.75) is 19.8 Å². The second-order valence-electron chi connectivity index (χ2n) is 5.40. The molecule has 1 aliphatic rings. The lowest BCUT2D eigenvalue weighted by Gasteiger charge is -2.30. The number of hydrogen-bond donors (Lipinski definition) is 2. The van der Waals surface area contributed by atoms with E-state index in [2.05, 4.69) is 0 Å². The number of hydrogen-bond acceptors (Lipinski definition) is 3. The summed E-state index contributed by atoms with van der Waals surface area (Å²) in [4.78, 5) is 14.6. The Labute approximate surface area is 123 Å². The fourth-order valence-corrected chi connectivity index (χ4v) is 2.80. The molecule has 0 spiro atoms. The van der Waals surface area contributed by atoms with Gasteiger partial charge in [-0.1, -0.05) is 12.1 Å². The highest BCUT2D eigenvalue weighted by Gasteiger charge is 2.25. The van der Waals surface area contributed by atoms with Gasteiger partial charge in [-0.2, -0.15) is 0 Å². The van der Waals surface area contributed by atoms with Crippen molar-refractivity contribution < 1.29 is 9.90 Å². The number of nitrogen functional groups attached to an aromatic ring is 1. The van der Waals surface area contributed by atoms with Crippen LogP contribution >= 0.6 is 0 Å². The molecule has 4 heteroatoms. The van der Waals surface area contributed by atoms with Crippen LogP contribution in [0.5, 0.6) is 5.75 Å². The van der Waals surface area contributed by atoms with Gasteiger partial charge in [0.25, 0.3) is 5.91 Å². The monoisotopic (exact) mass is 282 g/mol. The van der Waals surface area contributed by atoms with Crippen LogP contribution in [0.15, 0.2) is 36.4 Å². The minimum atomic E-state index is -0.0880. The molecule has 1 heterocycles. The van der Waals surface area contributed by atoms with Crippen LogP contribution in [0, 0.1) is 6.92 Å². The molecule has 0 aliphatic carbocycles. The topological polar surface area (TPSA) is 66.6 Å². The van der Waals surface area contributed by atoms with Crippen molar-refractivity contribution in [3.05, 3.63) is 53.1 Å². The standard InChI is InChI=1S/C17H18N2O2/c1-11-14(5-2-6-16(11)20)17(21)19-9-3-4-12-7-8-13(18)10-15(12)19/h2,5-8,10,20H,3-4,9,18H2,1H3. The normalized spacial score (nSPS) is 13.9. The Bertz CT molecular complexity index is 710. The first kappa shape index (κ1) is 13.5. The molecule has 0 bridgehead atoms. The Morgan fingerprint density at radius 2 is 2.10 bits per heavy atom. The molecule has 108 valence electrons. The van der Waals surface area contributed by atoms with E-state index >= 15 is 0 Å². The predicted molar refractivity (Wildman–Crippen MR) is 83.7 cm³/mol. The van der Waals surface area contributed by atoms with Crippen molar-refractivity contribution in [1.29, 1.82) is 0 Å². The molecular weight excluding hydrogens is 264 g/mol. The van der Waals surface area contributed by atoms with Crippen molar-refractivity contribution >= 4 is 17.3 Å². The summed E-state index contributed by atoms with van der Waals surface area (Å²) in [5.41, 5.74) is 9.68. The van der Waals surface area contributed by atoms with Gasteiger partial charge in [-0.15, -0.1) is 0 Å². The Kier molecular flexibility index (Phi) is 3.29. The molecule has 2 aromatic rings. The molecule has 3 N–H and O–H groups in total. The van der Waals surface area contributed by atoms with Gasteiger partial charge in [-0.05, 0) is 49.6 Å². The molecule has 0 saturated heterocycles. The highest BCUT2D eigenvalue weighted by atomic mass is 16.3. The van der Waals surface area contributed by atoms with E-state index in [1.807, 2.05) is 18.2 Å². The number of nitrogens with two attached hydrogens (primary N) is 1. The van der Waals surface area contributed by atoms with E-state index in [1.54, 1.807) is 30.0 Å². The summed E-state index contributed by atoms with van der Waals surface area (Å²) >= 11 is 0. The molecule has 0 aromatic heterocycles. The summed E-state index contributed by atoms with van der Waals surface area (Å²) < 4.78 is 0. The molecule has 1 aliphatic heterocycles. The lowest BCUT2D eigenvalue weighted by Crippen LogP contribution is -2.35. The fourth-order valence-electron chi connectivity index (χ4n) is 2.80. The Morgan fingerprint density at radius 3 is 2.90 bits per heavy atom. The highest BCUT2D eigenvalue weighted by Crippen LogP contribution is 2.31. The summed E-state index contributed by atoms with van der Waals surface area (Å²) in [6.07, 6.45) is 1.89. The number of phenolic OH excluding ortho intramolecular Hbond substituents is 1. The number of aromatic hydroxyl groups is 1. The van der Waals surface area contributed by atoms with E-state index in [-0.39, 0.29) is 11.7 Å². The van der Waals surface area contributed by atoms with Crippen LogP contribution in [-0.2, 0) is 6.42 Å². The number of carbonyl (C=O) groups is 1. The third-order valence-corrected chi connectivity index (χ3v) is 4.01. The van der Waals surface area contributed by atoms with Crippen molar-refractivity contribution in [2.75, 3.05) is 17.2 Å². The molecular formula is C17H18N2O2. The molecule has 21 heavy (non-hydrogen) atoms. The van der Waals surface area contributed by atoms with Crippen molar-refractivity contribution in [1.82, 2.24) is 0 Å². The number of carbonyl (C=O) groups excluding carboxylic acids is 1. The van der Waals surface area contributed by atoms with Crippen LogP contribution in [0.4, 0.5) is 11.4 Å². The van der Waals surface area contributed by atoms with Crippen LogP contribution in [-0.4, -0.2) is 17.6 Å². The largest absolute Gasteiger partial charge is 0.508 e. The van der Waals surface area contributed by atoms with Gasteiger partial charge >= 0.3 is 0 Å². The molecule has 0 saturated carbocycles.